The van der Waals surface area contributed by atoms with E-state index < -0.39 is 8.15 Å². The molecule has 0 amide bonds. The van der Waals surface area contributed by atoms with Crippen LogP contribution < -0.4 is 5.30 Å². The Hall–Kier alpha value is -0.480. The zero-order chi connectivity index (χ0) is 18.1. The van der Waals surface area contributed by atoms with E-state index >= 15 is 0 Å². The van der Waals surface area contributed by atoms with Crippen molar-refractivity contribution < 1.29 is 4.89 Å². The molecule has 0 heterocycles. The molecule has 1 aromatic carbocycles. The van der Waals surface area contributed by atoms with Gasteiger partial charge < -0.3 is 4.89 Å². The molecule has 0 aliphatic heterocycles. The van der Waals surface area contributed by atoms with Gasteiger partial charge >= 0.3 is 0 Å². The maximum absolute atomic E-state index is 11.0. The summed E-state index contributed by atoms with van der Waals surface area (Å²) in [4.78, 5) is 11.0. The van der Waals surface area contributed by atoms with Gasteiger partial charge in [-0.2, -0.15) is 0 Å². The molecule has 1 aromatic rings. The van der Waals surface area contributed by atoms with E-state index in [2.05, 4.69) is 60.6 Å². The van der Waals surface area contributed by atoms with Gasteiger partial charge in [0.25, 0.3) is 0 Å². The predicted octanol–water partition coefficient (Wildman–Crippen LogP) is 6.38. The molecule has 24 heavy (non-hydrogen) atoms. The third-order valence-corrected chi connectivity index (χ3v) is 10.2. The molecule has 0 aromatic heterocycles. The number of rotatable bonds is 4. The van der Waals surface area contributed by atoms with E-state index in [4.69, 9.17) is 0 Å². The minimum atomic E-state index is -1.24. The van der Waals surface area contributed by atoms with Crippen LogP contribution in [0, 0.1) is 0 Å². The van der Waals surface area contributed by atoms with E-state index in [0.29, 0.717) is 16.0 Å². The summed E-state index contributed by atoms with van der Waals surface area (Å²) in [5.74, 6) is 0. The molecule has 0 fully saturated rings. The van der Waals surface area contributed by atoms with Gasteiger partial charge in [0.05, 0.1) is 8.15 Å². The van der Waals surface area contributed by atoms with Crippen molar-refractivity contribution in [2.24, 2.45) is 0 Å². The predicted molar refractivity (Wildman–Crippen MR) is 112 cm³/mol. The third-order valence-electron chi connectivity index (χ3n) is 4.51. The molecule has 2 atom stereocenters. The minimum absolute atomic E-state index is 0.234. The van der Waals surface area contributed by atoms with Gasteiger partial charge in [0.2, 0.25) is 0 Å². The zero-order valence-electron chi connectivity index (χ0n) is 16.2. The van der Waals surface area contributed by atoms with Gasteiger partial charge in [-0.1, -0.05) is 98.9 Å². The second kappa shape index (κ2) is 7.41. The first kappa shape index (κ1) is 19.8. The first-order valence-corrected chi connectivity index (χ1v) is 11.5. The van der Waals surface area contributed by atoms with Crippen molar-refractivity contribution in [3.63, 3.8) is 0 Å². The molecule has 0 saturated heterocycles. The molecule has 1 N–H and O–H groups in total. The monoisotopic (exact) mass is 362 g/mol. The Morgan fingerprint density at radius 1 is 0.958 bits per heavy atom. The Morgan fingerprint density at radius 3 is 2.00 bits per heavy atom. The van der Waals surface area contributed by atoms with Gasteiger partial charge in [-0.25, -0.2) is 0 Å². The number of benzene rings is 1. The van der Waals surface area contributed by atoms with Gasteiger partial charge in [0.1, 0.15) is 0 Å². The summed E-state index contributed by atoms with van der Waals surface area (Å²) in [7, 11) is -1.48. The highest BCUT2D eigenvalue weighted by Gasteiger charge is 2.40. The summed E-state index contributed by atoms with van der Waals surface area (Å²) in [6.07, 6.45) is 5.39. The lowest BCUT2D eigenvalue weighted by Gasteiger charge is -2.46. The van der Waals surface area contributed by atoms with Crippen LogP contribution in [0.5, 0.6) is 0 Å². The first-order valence-electron chi connectivity index (χ1n) is 8.76. The average molecular weight is 362 g/mol. The third kappa shape index (κ3) is 4.37. The second-order valence-corrected chi connectivity index (χ2v) is 14.4. The summed E-state index contributed by atoms with van der Waals surface area (Å²) < 4.78 is 0. The molecule has 2 rings (SSSR count). The van der Waals surface area contributed by atoms with Gasteiger partial charge in [-0.15, -0.1) is 0 Å². The molecule has 132 valence electrons. The molecule has 1 aliphatic carbocycles. The van der Waals surface area contributed by atoms with E-state index in [9.17, 15) is 4.89 Å². The maximum Gasteiger partial charge on any atom is 0.0877 e. The normalized spacial score (nSPS) is 18.4. The lowest BCUT2D eigenvalue weighted by atomic mass is 10.2. The molecule has 1 nitrogen and oxygen atoms in total. The van der Waals surface area contributed by atoms with Crippen molar-refractivity contribution in [2.45, 2.75) is 70.9 Å². The molecule has 3 heteroatoms. The van der Waals surface area contributed by atoms with Gasteiger partial charge in [0, 0.05) is 10.6 Å². The van der Waals surface area contributed by atoms with Crippen LogP contribution in [0.2, 0.25) is 0 Å². The minimum Gasteiger partial charge on any atom is -0.364 e. The quantitative estimate of drug-likeness (QED) is 0.616. The highest BCUT2D eigenvalue weighted by Crippen LogP contribution is 2.65. The molecule has 1 unspecified atom stereocenters. The van der Waals surface area contributed by atoms with Gasteiger partial charge in [-0.3, -0.25) is 0 Å². The Labute approximate surface area is 150 Å². The molecular weight excluding hydrogens is 330 g/mol. The number of allylic oxidation sites excluding steroid dienone is 4. The Kier molecular flexibility index (Phi) is 6.12. The lowest BCUT2D eigenvalue weighted by Crippen LogP contribution is -2.31. The molecular formula is C21H32OP2. The van der Waals surface area contributed by atoms with Crippen LogP contribution in [0.15, 0.2) is 53.4 Å². The fourth-order valence-electron chi connectivity index (χ4n) is 4.13. The topological polar surface area (TPSA) is 20.2 Å². The standard InChI is InChI=1S/C21H32OP2/c1-16(24(20(2,3)4)21(5,6)7)18-14-11-15-19(18)23(22)17-12-9-8-10-13-17/h8-13,15-16,22H,14H2,1-7H3/t16-,23?/m1/s1. The van der Waals surface area contributed by atoms with Crippen LogP contribution in [0.25, 0.3) is 0 Å². The second-order valence-electron chi connectivity index (χ2n) is 8.55. The van der Waals surface area contributed by atoms with E-state index in [0.717, 1.165) is 11.7 Å². The maximum atomic E-state index is 11.0. The zero-order valence-corrected chi connectivity index (χ0v) is 18.0. The van der Waals surface area contributed by atoms with Crippen molar-refractivity contribution in [3.8, 4) is 0 Å². The van der Waals surface area contributed by atoms with Crippen molar-refractivity contribution in [1.82, 2.24) is 0 Å². The van der Waals surface area contributed by atoms with Crippen LogP contribution in [0.1, 0.15) is 54.9 Å². The van der Waals surface area contributed by atoms with Crippen molar-refractivity contribution in [2.75, 3.05) is 0 Å². The summed E-state index contributed by atoms with van der Waals surface area (Å²) in [6, 6.07) is 10.1. The van der Waals surface area contributed by atoms with E-state index in [1.165, 1.54) is 10.9 Å². The van der Waals surface area contributed by atoms with Crippen molar-refractivity contribution in [3.05, 3.63) is 53.4 Å². The van der Waals surface area contributed by atoms with E-state index in [-0.39, 0.29) is 7.92 Å². The van der Waals surface area contributed by atoms with Crippen LogP contribution in [0.4, 0.5) is 0 Å². The summed E-state index contributed by atoms with van der Waals surface area (Å²) in [5, 5.41) is 2.82. The molecule has 0 spiro atoms. The number of hydrogen-bond acceptors (Lipinski definition) is 1. The van der Waals surface area contributed by atoms with Crippen molar-refractivity contribution in [1.29, 1.82) is 0 Å². The van der Waals surface area contributed by atoms with Crippen molar-refractivity contribution >= 4 is 21.4 Å². The molecule has 0 radical (unpaired) electrons. The molecule has 0 saturated carbocycles. The smallest absolute Gasteiger partial charge is 0.0877 e. The Bertz CT molecular complexity index is 603. The molecule has 0 bridgehead atoms. The van der Waals surface area contributed by atoms with Crippen LogP contribution >= 0.6 is 16.1 Å². The van der Waals surface area contributed by atoms with E-state index in [1.54, 1.807) is 0 Å². The number of hydrogen-bond donors (Lipinski definition) is 1. The Balaban J connectivity index is 2.41. The summed E-state index contributed by atoms with van der Waals surface area (Å²) >= 11 is 0. The first-order chi connectivity index (χ1) is 11.0. The SMILES string of the molecule is C[C@H](C1=C(P(O)c2ccccc2)C=CC1)P(C(C)(C)C)C(C)(C)C. The van der Waals surface area contributed by atoms with Crippen LogP contribution in [-0.4, -0.2) is 20.9 Å². The van der Waals surface area contributed by atoms with Gasteiger partial charge in [-0.05, 0) is 28.0 Å². The molecule has 1 aliphatic rings. The van der Waals surface area contributed by atoms with E-state index in [1.807, 2.05) is 30.3 Å². The summed E-state index contributed by atoms with van der Waals surface area (Å²) in [6.45, 7) is 16.6. The van der Waals surface area contributed by atoms with Gasteiger partial charge in [0.15, 0.2) is 0 Å². The highest BCUT2D eigenvalue weighted by molar-refractivity contribution is 7.65. The van der Waals surface area contributed by atoms with Crippen LogP contribution in [-0.2, 0) is 0 Å². The fraction of sp³-hybridized carbons (Fsp3) is 0.524. The average Bonchev–Trinajstić information content (AvgIpc) is 2.93. The fourth-order valence-corrected chi connectivity index (χ4v) is 10.7. The van der Waals surface area contributed by atoms with Crippen LogP contribution in [0.3, 0.4) is 0 Å². The highest BCUT2D eigenvalue weighted by atomic mass is 31.1. The Morgan fingerprint density at radius 2 is 1.50 bits per heavy atom. The summed E-state index contributed by atoms with van der Waals surface area (Å²) in [5.41, 5.74) is 1.98. The lowest BCUT2D eigenvalue weighted by molar-refractivity contribution is 0.641. The largest absolute Gasteiger partial charge is 0.364 e.